The van der Waals surface area contributed by atoms with Gasteiger partial charge in [0.15, 0.2) is 0 Å². The number of hydrogen-bond acceptors (Lipinski definition) is 4. The Morgan fingerprint density at radius 3 is 2.75 bits per heavy atom. The second kappa shape index (κ2) is 8.59. The van der Waals surface area contributed by atoms with Crippen molar-refractivity contribution in [3.05, 3.63) is 29.3 Å². The van der Waals surface area contributed by atoms with Crippen LogP contribution in [0.3, 0.4) is 0 Å². The standard InChI is InChI=1S/C16H25NO3/c1-5-9-17-13(3)14-6-7-15(12(2)11-14)20-10-8-16(18)19-4/h6-7,11,13,17H,5,8-10H2,1-4H3. The second-order valence-electron chi connectivity index (χ2n) is 4.88. The third-order valence-electron chi connectivity index (χ3n) is 3.19. The second-order valence-corrected chi connectivity index (χ2v) is 4.88. The number of hydrogen-bond donors (Lipinski definition) is 1. The van der Waals surface area contributed by atoms with Gasteiger partial charge in [0, 0.05) is 6.04 Å². The summed E-state index contributed by atoms with van der Waals surface area (Å²) in [4.78, 5) is 11.0. The van der Waals surface area contributed by atoms with Crippen molar-refractivity contribution in [1.82, 2.24) is 5.32 Å². The van der Waals surface area contributed by atoms with E-state index in [1.807, 2.05) is 13.0 Å². The molecule has 0 aliphatic heterocycles. The molecule has 0 amide bonds. The van der Waals surface area contributed by atoms with Crippen molar-refractivity contribution in [3.8, 4) is 5.75 Å². The SMILES string of the molecule is CCCNC(C)c1ccc(OCCC(=O)OC)c(C)c1. The van der Waals surface area contributed by atoms with Crippen molar-refractivity contribution in [3.63, 3.8) is 0 Å². The van der Waals surface area contributed by atoms with Crippen LogP contribution in [0.1, 0.15) is 43.9 Å². The molecule has 1 aromatic rings. The number of rotatable bonds is 8. The molecule has 1 aromatic carbocycles. The molecule has 0 saturated carbocycles. The molecule has 1 rings (SSSR count). The van der Waals surface area contributed by atoms with E-state index in [0.29, 0.717) is 12.6 Å². The van der Waals surface area contributed by atoms with Gasteiger partial charge in [0.1, 0.15) is 5.75 Å². The average molecular weight is 279 g/mol. The quantitative estimate of drug-likeness (QED) is 0.743. The summed E-state index contributed by atoms with van der Waals surface area (Å²) in [5.74, 6) is 0.567. The van der Waals surface area contributed by atoms with E-state index in [1.54, 1.807) is 0 Å². The summed E-state index contributed by atoms with van der Waals surface area (Å²) < 4.78 is 10.2. The fourth-order valence-corrected chi connectivity index (χ4v) is 1.93. The molecule has 20 heavy (non-hydrogen) atoms. The molecular weight excluding hydrogens is 254 g/mol. The minimum atomic E-state index is -0.253. The van der Waals surface area contributed by atoms with Gasteiger partial charge in [-0.05, 0) is 44.0 Å². The number of benzene rings is 1. The fraction of sp³-hybridized carbons (Fsp3) is 0.562. The maximum Gasteiger partial charge on any atom is 0.308 e. The highest BCUT2D eigenvalue weighted by atomic mass is 16.5. The summed E-state index contributed by atoms with van der Waals surface area (Å²) in [5.41, 5.74) is 2.33. The van der Waals surface area contributed by atoms with E-state index in [4.69, 9.17) is 4.74 Å². The van der Waals surface area contributed by atoms with Gasteiger partial charge < -0.3 is 14.8 Å². The van der Waals surface area contributed by atoms with Gasteiger partial charge in [-0.1, -0.05) is 19.1 Å². The first-order chi connectivity index (χ1) is 9.58. The van der Waals surface area contributed by atoms with E-state index in [-0.39, 0.29) is 12.4 Å². The van der Waals surface area contributed by atoms with Gasteiger partial charge in [-0.3, -0.25) is 4.79 Å². The van der Waals surface area contributed by atoms with Crippen LogP contribution in [0.4, 0.5) is 0 Å². The van der Waals surface area contributed by atoms with Gasteiger partial charge >= 0.3 is 5.97 Å². The van der Waals surface area contributed by atoms with Crippen molar-refractivity contribution < 1.29 is 14.3 Å². The predicted molar refractivity (Wildman–Crippen MR) is 80.0 cm³/mol. The van der Waals surface area contributed by atoms with Crippen LogP contribution in [-0.4, -0.2) is 26.2 Å². The summed E-state index contributed by atoms with van der Waals surface area (Å²) in [6.45, 7) is 7.68. The van der Waals surface area contributed by atoms with E-state index in [1.165, 1.54) is 12.7 Å². The van der Waals surface area contributed by atoms with Gasteiger partial charge in [0.25, 0.3) is 0 Å². The van der Waals surface area contributed by atoms with E-state index < -0.39 is 0 Å². The third kappa shape index (κ3) is 5.21. The van der Waals surface area contributed by atoms with Gasteiger partial charge in [0.2, 0.25) is 0 Å². The Morgan fingerprint density at radius 2 is 2.15 bits per heavy atom. The number of esters is 1. The fourth-order valence-electron chi connectivity index (χ4n) is 1.93. The largest absolute Gasteiger partial charge is 0.493 e. The average Bonchev–Trinajstić information content (AvgIpc) is 2.46. The van der Waals surface area contributed by atoms with Crippen LogP contribution in [0.2, 0.25) is 0 Å². The van der Waals surface area contributed by atoms with E-state index in [9.17, 15) is 4.79 Å². The number of methoxy groups -OCH3 is 1. The molecular formula is C16H25NO3. The Hall–Kier alpha value is -1.55. The summed E-state index contributed by atoms with van der Waals surface area (Å²) in [5, 5.41) is 3.46. The van der Waals surface area contributed by atoms with Crippen molar-refractivity contribution in [1.29, 1.82) is 0 Å². The lowest BCUT2D eigenvalue weighted by Crippen LogP contribution is -2.19. The molecule has 0 fully saturated rings. The van der Waals surface area contributed by atoms with E-state index in [2.05, 4.69) is 36.0 Å². The molecule has 4 heteroatoms. The van der Waals surface area contributed by atoms with Crippen LogP contribution in [0, 0.1) is 6.92 Å². The minimum absolute atomic E-state index is 0.253. The lowest BCUT2D eigenvalue weighted by molar-refractivity contribution is -0.141. The van der Waals surface area contributed by atoms with Crippen molar-refractivity contribution in [2.45, 2.75) is 39.7 Å². The van der Waals surface area contributed by atoms with Crippen LogP contribution in [-0.2, 0) is 9.53 Å². The van der Waals surface area contributed by atoms with Crippen LogP contribution in [0.25, 0.3) is 0 Å². The topological polar surface area (TPSA) is 47.6 Å². The van der Waals surface area contributed by atoms with Crippen LogP contribution in [0.15, 0.2) is 18.2 Å². The summed E-state index contributed by atoms with van der Waals surface area (Å²) in [7, 11) is 1.38. The first kappa shape index (κ1) is 16.5. The number of ether oxygens (including phenoxy) is 2. The van der Waals surface area contributed by atoms with Crippen molar-refractivity contribution in [2.75, 3.05) is 20.3 Å². The molecule has 0 aromatic heterocycles. The molecule has 0 spiro atoms. The van der Waals surface area contributed by atoms with Crippen LogP contribution >= 0.6 is 0 Å². The monoisotopic (exact) mass is 279 g/mol. The number of nitrogens with one attached hydrogen (secondary N) is 1. The van der Waals surface area contributed by atoms with E-state index in [0.717, 1.165) is 24.3 Å². The first-order valence-corrected chi connectivity index (χ1v) is 7.12. The van der Waals surface area contributed by atoms with Gasteiger partial charge in [-0.2, -0.15) is 0 Å². The Bertz CT molecular complexity index is 432. The molecule has 0 radical (unpaired) electrons. The predicted octanol–water partition coefficient (Wildman–Crippen LogP) is 3.00. The van der Waals surface area contributed by atoms with Crippen molar-refractivity contribution >= 4 is 5.97 Å². The molecule has 0 saturated heterocycles. The summed E-state index contributed by atoms with van der Waals surface area (Å²) in [6, 6.07) is 6.48. The Kier molecular flexibility index (Phi) is 7.09. The Balaban J connectivity index is 2.56. The smallest absolute Gasteiger partial charge is 0.308 e. The Morgan fingerprint density at radius 1 is 1.40 bits per heavy atom. The number of carbonyl (C=O) groups excluding carboxylic acids is 1. The zero-order valence-corrected chi connectivity index (χ0v) is 12.9. The van der Waals surface area contributed by atoms with Crippen molar-refractivity contribution in [2.24, 2.45) is 0 Å². The molecule has 0 aliphatic rings. The van der Waals surface area contributed by atoms with Gasteiger partial charge in [-0.25, -0.2) is 0 Å². The Labute approximate surface area is 121 Å². The van der Waals surface area contributed by atoms with Crippen LogP contribution in [0.5, 0.6) is 5.75 Å². The highest BCUT2D eigenvalue weighted by Gasteiger charge is 2.08. The molecule has 0 bridgehead atoms. The molecule has 112 valence electrons. The van der Waals surface area contributed by atoms with Crippen LogP contribution < -0.4 is 10.1 Å². The zero-order valence-electron chi connectivity index (χ0n) is 12.9. The first-order valence-electron chi connectivity index (χ1n) is 7.12. The molecule has 4 nitrogen and oxygen atoms in total. The molecule has 1 N–H and O–H groups in total. The molecule has 0 heterocycles. The maximum absolute atomic E-state index is 11.0. The maximum atomic E-state index is 11.0. The van der Waals surface area contributed by atoms with Gasteiger partial charge in [-0.15, -0.1) is 0 Å². The lowest BCUT2D eigenvalue weighted by Gasteiger charge is -2.16. The number of carbonyl (C=O) groups is 1. The molecule has 1 unspecified atom stereocenters. The molecule has 1 atom stereocenters. The number of aryl methyl sites for hydroxylation is 1. The lowest BCUT2D eigenvalue weighted by atomic mass is 10.0. The van der Waals surface area contributed by atoms with Gasteiger partial charge in [0.05, 0.1) is 20.1 Å². The van der Waals surface area contributed by atoms with E-state index >= 15 is 0 Å². The highest BCUT2D eigenvalue weighted by Crippen LogP contribution is 2.23. The summed E-state index contributed by atoms with van der Waals surface area (Å²) >= 11 is 0. The molecule has 0 aliphatic carbocycles. The summed E-state index contributed by atoms with van der Waals surface area (Å²) in [6.07, 6.45) is 1.39. The highest BCUT2D eigenvalue weighted by molar-refractivity contribution is 5.69. The minimum Gasteiger partial charge on any atom is -0.493 e. The normalized spacial score (nSPS) is 12.0. The third-order valence-corrected chi connectivity index (χ3v) is 3.19. The zero-order chi connectivity index (χ0) is 15.0.